The van der Waals surface area contributed by atoms with E-state index in [-0.39, 0.29) is 31.6 Å². The average Bonchev–Trinajstić information content (AvgIpc) is 3.20. The highest BCUT2D eigenvalue weighted by Crippen LogP contribution is 2.44. The molecule has 2 aliphatic rings. The normalized spacial score (nSPS) is 20.0. The van der Waals surface area contributed by atoms with Crippen LogP contribution in [0.1, 0.15) is 43.2 Å². The van der Waals surface area contributed by atoms with Gasteiger partial charge in [0.1, 0.15) is 12.6 Å². The molecule has 1 fully saturated rings. The Morgan fingerprint density at radius 2 is 1.74 bits per heavy atom. The molecule has 0 spiro atoms. The third-order valence-corrected chi connectivity index (χ3v) is 7.29. The van der Waals surface area contributed by atoms with Gasteiger partial charge >= 0.3 is 12.1 Å². The van der Waals surface area contributed by atoms with Gasteiger partial charge in [-0.15, -0.1) is 0 Å². The highest BCUT2D eigenvalue weighted by atomic mass is 16.5. The topological polar surface area (TPSA) is 105 Å². The number of hydrogen-bond donors (Lipinski definition) is 2. The van der Waals surface area contributed by atoms with E-state index in [1.165, 1.54) is 12.0 Å². The SMILES string of the molecule is CCC1(C(=O)O)CCCN(C(=O)C(COC)NC(=O)OCC2c3ccccc3-c3ccccc32)C1. The van der Waals surface area contributed by atoms with Gasteiger partial charge in [0.2, 0.25) is 5.91 Å². The van der Waals surface area contributed by atoms with Gasteiger partial charge in [0.05, 0.1) is 12.0 Å². The summed E-state index contributed by atoms with van der Waals surface area (Å²) in [6.45, 7) is 2.48. The zero-order chi connectivity index (χ0) is 25.0. The minimum Gasteiger partial charge on any atom is -0.481 e. The number of ether oxygens (including phenoxy) is 2. The average molecular weight is 481 g/mol. The highest BCUT2D eigenvalue weighted by Gasteiger charge is 2.43. The summed E-state index contributed by atoms with van der Waals surface area (Å²) in [4.78, 5) is 39.4. The summed E-state index contributed by atoms with van der Waals surface area (Å²) < 4.78 is 10.8. The number of aliphatic carboxylic acids is 1. The Morgan fingerprint density at radius 1 is 1.11 bits per heavy atom. The smallest absolute Gasteiger partial charge is 0.407 e. The van der Waals surface area contributed by atoms with E-state index in [1.807, 2.05) is 43.3 Å². The molecule has 1 aliphatic carbocycles. The van der Waals surface area contributed by atoms with Gasteiger partial charge in [-0.2, -0.15) is 0 Å². The third kappa shape index (κ3) is 4.89. The summed E-state index contributed by atoms with van der Waals surface area (Å²) in [6, 6.07) is 15.2. The molecule has 8 nitrogen and oxygen atoms in total. The number of benzene rings is 2. The molecule has 2 unspecified atom stereocenters. The number of nitrogens with zero attached hydrogens (tertiary/aromatic N) is 1. The second kappa shape index (κ2) is 10.5. The number of rotatable bonds is 8. The summed E-state index contributed by atoms with van der Waals surface area (Å²) in [6.07, 6.45) is 0.841. The van der Waals surface area contributed by atoms with E-state index in [4.69, 9.17) is 9.47 Å². The van der Waals surface area contributed by atoms with Crippen LogP contribution in [-0.2, 0) is 19.1 Å². The van der Waals surface area contributed by atoms with Crippen molar-refractivity contribution >= 4 is 18.0 Å². The molecule has 0 radical (unpaired) electrons. The maximum atomic E-state index is 13.2. The fraction of sp³-hybridized carbons (Fsp3) is 0.444. The van der Waals surface area contributed by atoms with E-state index in [0.29, 0.717) is 25.8 Å². The molecule has 186 valence electrons. The Hall–Kier alpha value is -3.39. The lowest BCUT2D eigenvalue weighted by molar-refractivity contribution is -0.155. The molecule has 2 N–H and O–H groups in total. The Bertz CT molecular complexity index is 1060. The molecule has 0 aromatic heterocycles. The predicted molar refractivity (Wildman–Crippen MR) is 130 cm³/mol. The first kappa shape index (κ1) is 24.7. The minimum absolute atomic E-state index is 0.0360. The van der Waals surface area contributed by atoms with Crippen molar-refractivity contribution in [2.24, 2.45) is 5.41 Å². The van der Waals surface area contributed by atoms with Gasteiger partial charge < -0.3 is 24.8 Å². The molecule has 8 heteroatoms. The van der Waals surface area contributed by atoms with E-state index in [9.17, 15) is 19.5 Å². The summed E-state index contributed by atoms with van der Waals surface area (Å²) in [5.41, 5.74) is 3.50. The summed E-state index contributed by atoms with van der Waals surface area (Å²) in [7, 11) is 1.45. The standard InChI is InChI=1S/C27H32N2O6/c1-3-27(25(31)32)13-8-14-29(17-27)24(30)23(16-34-2)28-26(33)35-15-22-20-11-6-4-9-18(20)19-10-5-7-12-21(19)22/h4-7,9-12,22-23H,3,8,13-17H2,1-2H3,(H,28,33)(H,31,32). The molecule has 1 heterocycles. The molecule has 2 aromatic rings. The Balaban J connectivity index is 1.42. The number of amides is 2. The number of carboxylic acid groups (broad SMARTS) is 1. The first-order valence-electron chi connectivity index (χ1n) is 12.0. The Morgan fingerprint density at radius 3 is 2.31 bits per heavy atom. The van der Waals surface area contributed by atoms with Crippen LogP contribution in [0.5, 0.6) is 0 Å². The largest absolute Gasteiger partial charge is 0.481 e. The van der Waals surface area contributed by atoms with Crippen molar-refractivity contribution in [3.63, 3.8) is 0 Å². The number of methoxy groups -OCH3 is 1. The van der Waals surface area contributed by atoms with Gasteiger partial charge in [-0.05, 0) is 41.5 Å². The quantitative estimate of drug-likeness (QED) is 0.598. The second-order valence-corrected chi connectivity index (χ2v) is 9.28. The molecular formula is C27H32N2O6. The number of nitrogens with one attached hydrogen (secondary N) is 1. The van der Waals surface area contributed by atoms with Gasteiger partial charge in [-0.1, -0.05) is 55.5 Å². The predicted octanol–water partition coefficient (Wildman–Crippen LogP) is 3.64. The van der Waals surface area contributed by atoms with Crippen LogP contribution in [0.4, 0.5) is 4.79 Å². The molecule has 0 bridgehead atoms. The van der Waals surface area contributed by atoms with Crippen molar-refractivity contribution < 1.29 is 29.0 Å². The minimum atomic E-state index is -0.963. The van der Waals surface area contributed by atoms with Crippen LogP contribution in [0.15, 0.2) is 48.5 Å². The summed E-state index contributed by atoms with van der Waals surface area (Å²) in [5.74, 6) is -1.35. The van der Waals surface area contributed by atoms with Crippen molar-refractivity contribution in [3.8, 4) is 11.1 Å². The molecule has 35 heavy (non-hydrogen) atoms. The number of hydrogen-bond acceptors (Lipinski definition) is 5. The van der Waals surface area contributed by atoms with Crippen molar-refractivity contribution in [2.45, 2.75) is 38.1 Å². The lowest BCUT2D eigenvalue weighted by Gasteiger charge is -2.40. The maximum absolute atomic E-state index is 13.2. The molecular weight excluding hydrogens is 448 g/mol. The van der Waals surface area contributed by atoms with Crippen LogP contribution in [0.3, 0.4) is 0 Å². The van der Waals surface area contributed by atoms with E-state index in [2.05, 4.69) is 17.4 Å². The van der Waals surface area contributed by atoms with Gasteiger partial charge in [0.15, 0.2) is 0 Å². The number of carboxylic acids is 1. The van der Waals surface area contributed by atoms with E-state index in [1.54, 1.807) is 0 Å². The lowest BCUT2D eigenvalue weighted by Crippen LogP contribution is -2.56. The lowest BCUT2D eigenvalue weighted by atomic mass is 9.77. The van der Waals surface area contributed by atoms with E-state index >= 15 is 0 Å². The molecule has 2 atom stereocenters. The van der Waals surface area contributed by atoms with Crippen molar-refractivity contribution in [1.29, 1.82) is 0 Å². The van der Waals surface area contributed by atoms with Gasteiger partial charge in [0, 0.05) is 26.1 Å². The number of piperidine rings is 1. The second-order valence-electron chi connectivity index (χ2n) is 9.28. The molecule has 2 amide bonds. The van der Waals surface area contributed by atoms with E-state index in [0.717, 1.165) is 22.3 Å². The van der Waals surface area contributed by atoms with Crippen LogP contribution < -0.4 is 5.32 Å². The maximum Gasteiger partial charge on any atom is 0.407 e. The summed E-state index contributed by atoms with van der Waals surface area (Å²) in [5, 5.41) is 12.4. The van der Waals surface area contributed by atoms with Crippen molar-refractivity contribution in [3.05, 3.63) is 59.7 Å². The number of alkyl carbamates (subject to hydrolysis) is 1. The zero-order valence-corrected chi connectivity index (χ0v) is 20.2. The molecule has 1 aliphatic heterocycles. The Labute approximate surface area is 205 Å². The molecule has 1 saturated heterocycles. The number of fused-ring (bicyclic) bond motifs is 3. The van der Waals surface area contributed by atoms with Crippen molar-refractivity contribution in [2.75, 3.05) is 33.4 Å². The van der Waals surface area contributed by atoms with E-state index < -0.39 is 23.5 Å². The van der Waals surface area contributed by atoms with Gasteiger partial charge in [-0.25, -0.2) is 4.79 Å². The molecule has 2 aromatic carbocycles. The highest BCUT2D eigenvalue weighted by molar-refractivity contribution is 5.87. The number of carbonyl (C=O) groups is 3. The van der Waals surface area contributed by atoms with Crippen LogP contribution in [-0.4, -0.2) is 67.4 Å². The molecule has 4 rings (SSSR count). The van der Waals surface area contributed by atoms with Crippen LogP contribution in [0, 0.1) is 5.41 Å². The fourth-order valence-corrected chi connectivity index (χ4v) is 5.28. The number of likely N-dealkylation sites (tertiary alicyclic amines) is 1. The van der Waals surface area contributed by atoms with Crippen LogP contribution >= 0.6 is 0 Å². The zero-order valence-electron chi connectivity index (χ0n) is 20.2. The van der Waals surface area contributed by atoms with Gasteiger partial charge in [-0.3, -0.25) is 9.59 Å². The van der Waals surface area contributed by atoms with Crippen LogP contribution in [0.2, 0.25) is 0 Å². The van der Waals surface area contributed by atoms with Crippen molar-refractivity contribution in [1.82, 2.24) is 10.2 Å². The van der Waals surface area contributed by atoms with Crippen LogP contribution in [0.25, 0.3) is 11.1 Å². The molecule has 0 saturated carbocycles. The Kier molecular flexibility index (Phi) is 7.40. The van der Waals surface area contributed by atoms with Gasteiger partial charge in [0.25, 0.3) is 0 Å². The summed E-state index contributed by atoms with van der Waals surface area (Å²) >= 11 is 0. The first-order valence-corrected chi connectivity index (χ1v) is 12.0. The third-order valence-electron chi connectivity index (χ3n) is 7.29. The monoisotopic (exact) mass is 480 g/mol. The number of carbonyl (C=O) groups excluding carboxylic acids is 2. The first-order chi connectivity index (χ1) is 16.9. The fourth-order valence-electron chi connectivity index (χ4n) is 5.28.